The minimum Gasteiger partial charge on any atom is -0.399 e. The molecule has 0 unspecified atom stereocenters. The Hall–Kier alpha value is -2.08. The lowest BCUT2D eigenvalue weighted by molar-refractivity contribution is 0.0784. The fraction of sp³-hybridized carbons (Fsp3) is 0.333. The Balaban J connectivity index is 2.24. The number of nitrogen functional groups attached to an aromatic ring is 1. The van der Waals surface area contributed by atoms with Crippen LogP contribution in [0.5, 0.6) is 0 Å². The third-order valence-corrected chi connectivity index (χ3v) is 3.97. The highest BCUT2D eigenvalue weighted by molar-refractivity contribution is 7.09. The van der Waals surface area contributed by atoms with Crippen LogP contribution in [-0.2, 0) is 6.54 Å². The van der Waals surface area contributed by atoms with Crippen LogP contribution >= 0.6 is 11.3 Å². The van der Waals surface area contributed by atoms with Gasteiger partial charge in [0.25, 0.3) is 5.91 Å². The molecule has 6 heteroatoms. The Morgan fingerprint density at radius 2 is 2.05 bits per heavy atom. The topological polar surface area (TPSA) is 62.5 Å². The molecule has 0 saturated carbocycles. The van der Waals surface area contributed by atoms with Crippen molar-refractivity contribution in [2.75, 3.05) is 31.8 Å². The molecule has 1 heterocycles. The first-order chi connectivity index (χ1) is 9.88. The average Bonchev–Trinajstić information content (AvgIpc) is 2.82. The van der Waals surface area contributed by atoms with Crippen molar-refractivity contribution >= 4 is 28.6 Å². The lowest BCUT2D eigenvalue weighted by atomic mass is 10.1. The molecule has 1 aromatic carbocycles. The average molecular weight is 304 g/mol. The molecule has 0 bridgehead atoms. The highest BCUT2D eigenvalue weighted by Gasteiger charge is 2.18. The molecule has 0 atom stereocenters. The maximum Gasteiger partial charge on any atom is 0.256 e. The fourth-order valence-electron chi connectivity index (χ4n) is 2.12. The van der Waals surface area contributed by atoms with Gasteiger partial charge < -0.3 is 15.5 Å². The van der Waals surface area contributed by atoms with Gasteiger partial charge in [0.15, 0.2) is 0 Å². The standard InChI is InChI=1S/C15H20N4OS/c1-10-17-12(9-21-10)8-19(4)15(20)13-7-11(16)5-6-14(13)18(2)3/h5-7,9H,8,16H2,1-4H3. The first-order valence-electron chi connectivity index (χ1n) is 6.62. The highest BCUT2D eigenvalue weighted by Crippen LogP contribution is 2.23. The van der Waals surface area contributed by atoms with Crippen LogP contribution in [-0.4, -0.2) is 36.9 Å². The number of aromatic nitrogens is 1. The van der Waals surface area contributed by atoms with Crippen LogP contribution < -0.4 is 10.6 Å². The van der Waals surface area contributed by atoms with Crippen LogP contribution in [0.2, 0.25) is 0 Å². The van der Waals surface area contributed by atoms with E-state index in [0.717, 1.165) is 16.4 Å². The maximum atomic E-state index is 12.7. The molecular weight excluding hydrogens is 284 g/mol. The molecule has 0 aliphatic rings. The third kappa shape index (κ3) is 3.52. The fourth-order valence-corrected chi connectivity index (χ4v) is 2.72. The lowest BCUT2D eigenvalue weighted by Crippen LogP contribution is -2.28. The van der Waals surface area contributed by atoms with Gasteiger partial charge in [0, 0.05) is 37.9 Å². The van der Waals surface area contributed by atoms with Gasteiger partial charge in [-0.3, -0.25) is 4.79 Å². The molecule has 0 fully saturated rings. The first kappa shape index (κ1) is 15.3. The Bertz CT molecular complexity index is 651. The molecule has 5 nitrogen and oxygen atoms in total. The van der Waals surface area contributed by atoms with E-state index in [1.54, 1.807) is 35.4 Å². The number of thiazole rings is 1. The monoisotopic (exact) mass is 304 g/mol. The van der Waals surface area contributed by atoms with E-state index in [1.807, 2.05) is 37.4 Å². The molecule has 0 spiro atoms. The molecule has 21 heavy (non-hydrogen) atoms. The molecule has 2 rings (SSSR count). The maximum absolute atomic E-state index is 12.7. The molecule has 0 saturated heterocycles. The van der Waals surface area contributed by atoms with Gasteiger partial charge in [-0.05, 0) is 25.1 Å². The van der Waals surface area contributed by atoms with E-state index < -0.39 is 0 Å². The lowest BCUT2D eigenvalue weighted by Gasteiger charge is -2.21. The van der Waals surface area contributed by atoms with Gasteiger partial charge in [-0.2, -0.15) is 0 Å². The molecule has 0 aliphatic heterocycles. The highest BCUT2D eigenvalue weighted by atomic mass is 32.1. The van der Waals surface area contributed by atoms with Crippen LogP contribution in [0.1, 0.15) is 21.1 Å². The van der Waals surface area contributed by atoms with Crippen molar-refractivity contribution in [2.45, 2.75) is 13.5 Å². The molecule has 1 aromatic heterocycles. The summed E-state index contributed by atoms with van der Waals surface area (Å²) in [7, 11) is 5.60. The molecular formula is C15H20N4OS. The summed E-state index contributed by atoms with van der Waals surface area (Å²) >= 11 is 1.59. The molecule has 112 valence electrons. The van der Waals surface area contributed by atoms with Crippen molar-refractivity contribution < 1.29 is 4.79 Å². The number of rotatable bonds is 4. The van der Waals surface area contributed by atoms with Gasteiger partial charge in [-0.1, -0.05) is 0 Å². The Labute approximate surface area is 129 Å². The van der Waals surface area contributed by atoms with Crippen molar-refractivity contribution in [3.8, 4) is 0 Å². The second-order valence-corrected chi connectivity index (χ2v) is 6.25. The van der Waals surface area contributed by atoms with E-state index in [2.05, 4.69) is 4.98 Å². The van der Waals surface area contributed by atoms with E-state index in [4.69, 9.17) is 5.73 Å². The summed E-state index contributed by atoms with van der Waals surface area (Å²) in [6.07, 6.45) is 0. The predicted octanol–water partition coefficient (Wildman–Crippen LogP) is 2.37. The number of hydrogen-bond donors (Lipinski definition) is 1. The van der Waals surface area contributed by atoms with Crippen molar-refractivity contribution in [3.63, 3.8) is 0 Å². The van der Waals surface area contributed by atoms with E-state index in [0.29, 0.717) is 17.8 Å². The van der Waals surface area contributed by atoms with Gasteiger partial charge in [0.05, 0.1) is 22.8 Å². The summed E-state index contributed by atoms with van der Waals surface area (Å²) in [5.41, 5.74) is 8.78. The molecule has 0 aliphatic carbocycles. The number of carbonyl (C=O) groups excluding carboxylic acids is 1. The minimum atomic E-state index is -0.0587. The second-order valence-electron chi connectivity index (χ2n) is 5.19. The number of nitrogens with zero attached hydrogens (tertiary/aromatic N) is 3. The first-order valence-corrected chi connectivity index (χ1v) is 7.49. The summed E-state index contributed by atoms with van der Waals surface area (Å²) < 4.78 is 0. The van der Waals surface area contributed by atoms with Crippen molar-refractivity contribution in [1.82, 2.24) is 9.88 Å². The zero-order chi connectivity index (χ0) is 15.6. The molecule has 0 radical (unpaired) electrons. The van der Waals surface area contributed by atoms with Crippen LogP contribution in [0.15, 0.2) is 23.6 Å². The van der Waals surface area contributed by atoms with Crippen molar-refractivity contribution in [1.29, 1.82) is 0 Å². The summed E-state index contributed by atoms with van der Waals surface area (Å²) in [5.74, 6) is -0.0587. The Morgan fingerprint density at radius 1 is 1.33 bits per heavy atom. The van der Waals surface area contributed by atoms with Crippen molar-refractivity contribution in [3.05, 3.63) is 39.8 Å². The Kier molecular flexibility index (Phi) is 4.47. The van der Waals surface area contributed by atoms with Crippen LogP contribution in [0.3, 0.4) is 0 Å². The number of benzene rings is 1. The Morgan fingerprint density at radius 3 is 2.62 bits per heavy atom. The van der Waals surface area contributed by atoms with E-state index in [-0.39, 0.29) is 5.91 Å². The van der Waals surface area contributed by atoms with Gasteiger partial charge in [-0.25, -0.2) is 4.98 Å². The number of nitrogens with two attached hydrogens (primary N) is 1. The smallest absolute Gasteiger partial charge is 0.256 e. The number of carbonyl (C=O) groups is 1. The normalized spacial score (nSPS) is 10.5. The zero-order valence-electron chi connectivity index (χ0n) is 12.8. The second kappa shape index (κ2) is 6.13. The molecule has 1 amide bonds. The molecule has 2 aromatic rings. The van der Waals surface area contributed by atoms with Crippen LogP contribution in [0.25, 0.3) is 0 Å². The summed E-state index contributed by atoms with van der Waals surface area (Å²) in [5, 5.41) is 2.98. The zero-order valence-corrected chi connectivity index (χ0v) is 13.6. The third-order valence-electron chi connectivity index (χ3n) is 3.15. The minimum absolute atomic E-state index is 0.0587. The van der Waals surface area contributed by atoms with Gasteiger partial charge in [0.2, 0.25) is 0 Å². The summed E-state index contributed by atoms with van der Waals surface area (Å²) in [6.45, 7) is 2.45. The van der Waals surface area contributed by atoms with Crippen LogP contribution in [0.4, 0.5) is 11.4 Å². The number of anilines is 2. The van der Waals surface area contributed by atoms with Crippen LogP contribution in [0, 0.1) is 6.92 Å². The quantitative estimate of drug-likeness (QED) is 0.881. The van der Waals surface area contributed by atoms with E-state index >= 15 is 0 Å². The van der Waals surface area contributed by atoms with E-state index in [9.17, 15) is 4.79 Å². The summed E-state index contributed by atoms with van der Waals surface area (Å²) in [4.78, 5) is 20.6. The predicted molar refractivity (Wildman–Crippen MR) is 87.8 cm³/mol. The number of amides is 1. The largest absolute Gasteiger partial charge is 0.399 e. The summed E-state index contributed by atoms with van der Waals surface area (Å²) in [6, 6.07) is 5.39. The van der Waals surface area contributed by atoms with Gasteiger partial charge >= 0.3 is 0 Å². The van der Waals surface area contributed by atoms with Gasteiger partial charge in [0.1, 0.15) is 0 Å². The van der Waals surface area contributed by atoms with E-state index in [1.165, 1.54) is 0 Å². The number of hydrogen-bond acceptors (Lipinski definition) is 5. The molecule has 2 N–H and O–H groups in total. The van der Waals surface area contributed by atoms with Crippen molar-refractivity contribution in [2.24, 2.45) is 0 Å². The number of aryl methyl sites for hydroxylation is 1. The van der Waals surface area contributed by atoms with Gasteiger partial charge in [-0.15, -0.1) is 11.3 Å². The SMILES string of the molecule is Cc1nc(CN(C)C(=O)c2cc(N)ccc2N(C)C)cs1.